The minimum atomic E-state index is -0.138. The number of carbonyl (C=O) groups excluding carboxylic acids is 2. The van der Waals surface area contributed by atoms with Crippen molar-refractivity contribution in [2.24, 2.45) is 34.5 Å². The Morgan fingerprint density at radius 2 is 1.96 bits per heavy atom. The van der Waals surface area contributed by atoms with Gasteiger partial charge in [-0.1, -0.05) is 33.3 Å². The van der Waals surface area contributed by atoms with Crippen LogP contribution in [-0.2, 0) is 14.3 Å². The van der Waals surface area contributed by atoms with Crippen molar-refractivity contribution in [1.29, 1.82) is 0 Å². The lowest BCUT2D eigenvalue weighted by molar-refractivity contribution is -0.157. The number of ketones is 1. The van der Waals surface area contributed by atoms with Crippen molar-refractivity contribution in [2.45, 2.75) is 85.7 Å². The molecule has 0 N–H and O–H groups in total. The quantitative estimate of drug-likeness (QED) is 0.578. The Labute approximate surface area is 170 Å². The second kappa shape index (κ2) is 6.85. The van der Waals surface area contributed by atoms with E-state index in [0.29, 0.717) is 35.9 Å². The fourth-order valence-corrected chi connectivity index (χ4v) is 7.86. The summed E-state index contributed by atoms with van der Waals surface area (Å²) in [6, 6.07) is 0. The summed E-state index contributed by atoms with van der Waals surface area (Å²) >= 11 is 0. The maximum absolute atomic E-state index is 12.5. The van der Waals surface area contributed by atoms with Gasteiger partial charge in [0, 0.05) is 18.8 Å². The minimum Gasteiger partial charge on any atom is -0.462 e. The first-order valence-electron chi connectivity index (χ1n) is 11.3. The highest BCUT2D eigenvalue weighted by Crippen LogP contribution is 2.67. The van der Waals surface area contributed by atoms with Crippen molar-refractivity contribution in [3.05, 3.63) is 23.3 Å². The third kappa shape index (κ3) is 2.68. The van der Waals surface area contributed by atoms with Gasteiger partial charge in [-0.05, 0) is 85.3 Å². The molecule has 0 spiro atoms. The third-order valence-electron chi connectivity index (χ3n) is 9.25. The Morgan fingerprint density at radius 3 is 2.61 bits per heavy atom. The van der Waals surface area contributed by atoms with E-state index in [9.17, 15) is 9.59 Å². The zero-order valence-electron chi connectivity index (χ0n) is 18.2. The first-order chi connectivity index (χ1) is 13.3. The predicted molar refractivity (Wildman–Crippen MR) is 111 cm³/mol. The summed E-state index contributed by atoms with van der Waals surface area (Å²) in [5.74, 6) is 2.50. The third-order valence-corrected chi connectivity index (χ3v) is 9.25. The van der Waals surface area contributed by atoms with Crippen molar-refractivity contribution in [3.63, 3.8) is 0 Å². The Kier molecular flexibility index (Phi) is 4.87. The summed E-state index contributed by atoms with van der Waals surface area (Å²) in [7, 11) is 0. The van der Waals surface area contributed by atoms with E-state index in [1.165, 1.54) is 17.6 Å². The van der Waals surface area contributed by atoms with Crippen LogP contribution in [0.3, 0.4) is 0 Å². The summed E-state index contributed by atoms with van der Waals surface area (Å²) < 4.78 is 5.80. The molecule has 0 aromatic carbocycles. The van der Waals surface area contributed by atoms with Gasteiger partial charge >= 0.3 is 5.97 Å². The van der Waals surface area contributed by atoms with Gasteiger partial charge in [-0.2, -0.15) is 0 Å². The molecule has 154 valence electrons. The van der Waals surface area contributed by atoms with Crippen molar-refractivity contribution in [1.82, 2.24) is 0 Å². The molecule has 4 rings (SSSR count). The lowest BCUT2D eigenvalue weighted by Gasteiger charge is -2.60. The molecule has 0 aliphatic heterocycles. The Hall–Kier alpha value is -1.38. The summed E-state index contributed by atoms with van der Waals surface area (Å²) in [5, 5.41) is 0. The molecule has 0 amide bonds. The average molecular weight is 385 g/mol. The highest BCUT2D eigenvalue weighted by Gasteiger charge is 2.62. The number of ether oxygens (including phenoxy) is 1. The smallest absolute Gasteiger partial charge is 0.302 e. The van der Waals surface area contributed by atoms with E-state index in [4.69, 9.17) is 4.74 Å². The number of esters is 1. The first-order valence-corrected chi connectivity index (χ1v) is 11.3. The Morgan fingerprint density at radius 1 is 1.21 bits per heavy atom. The molecular weight excluding hydrogens is 348 g/mol. The first kappa shape index (κ1) is 19.9. The predicted octanol–water partition coefficient (Wildman–Crippen LogP) is 5.64. The van der Waals surface area contributed by atoms with Crippen molar-refractivity contribution < 1.29 is 14.3 Å². The molecule has 0 aromatic rings. The van der Waals surface area contributed by atoms with Crippen LogP contribution in [0.5, 0.6) is 0 Å². The van der Waals surface area contributed by atoms with E-state index in [2.05, 4.69) is 33.8 Å². The molecule has 0 heterocycles. The van der Waals surface area contributed by atoms with E-state index >= 15 is 0 Å². The van der Waals surface area contributed by atoms with Crippen molar-refractivity contribution >= 4 is 11.8 Å². The van der Waals surface area contributed by atoms with Gasteiger partial charge in [0.1, 0.15) is 6.10 Å². The summed E-state index contributed by atoms with van der Waals surface area (Å²) in [6.07, 6.45) is 11.7. The van der Waals surface area contributed by atoms with E-state index < -0.39 is 0 Å². The molecule has 0 aromatic heterocycles. The molecule has 7 atom stereocenters. The van der Waals surface area contributed by atoms with Crippen LogP contribution in [0.15, 0.2) is 23.3 Å². The second-order valence-corrected chi connectivity index (χ2v) is 10.2. The van der Waals surface area contributed by atoms with Gasteiger partial charge in [-0.25, -0.2) is 0 Å². The molecule has 0 radical (unpaired) electrons. The van der Waals surface area contributed by atoms with Crippen LogP contribution in [0.2, 0.25) is 0 Å². The molecule has 3 fully saturated rings. The van der Waals surface area contributed by atoms with Crippen molar-refractivity contribution in [3.8, 4) is 0 Å². The highest BCUT2D eigenvalue weighted by molar-refractivity contribution is 5.93. The second-order valence-electron chi connectivity index (χ2n) is 10.2. The van der Waals surface area contributed by atoms with Gasteiger partial charge in [0.05, 0.1) is 0 Å². The van der Waals surface area contributed by atoms with Crippen LogP contribution < -0.4 is 0 Å². The van der Waals surface area contributed by atoms with Gasteiger partial charge < -0.3 is 4.74 Å². The number of fused-ring (bicyclic) bond motifs is 5. The summed E-state index contributed by atoms with van der Waals surface area (Å²) in [6.45, 7) is 10.8. The maximum atomic E-state index is 12.5. The number of carbonyl (C=O) groups is 2. The fourth-order valence-electron chi connectivity index (χ4n) is 7.86. The molecule has 4 aliphatic carbocycles. The normalized spacial score (nSPS) is 46.5. The zero-order chi connectivity index (χ0) is 20.3. The van der Waals surface area contributed by atoms with Crippen LogP contribution >= 0.6 is 0 Å². The molecule has 28 heavy (non-hydrogen) atoms. The van der Waals surface area contributed by atoms with Crippen LogP contribution in [0, 0.1) is 34.5 Å². The van der Waals surface area contributed by atoms with Crippen LogP contribution in [0.25, 0.3) is 0 Å². The van der Waals surface area contributed by atoms with Gasteiger partial charge in [0.15, 0.2) is 5.78 Å². The minimum absolute atomic E-state index is 0.0738. The van der Waals surface area contributed by atoms with Gasteiger partial charge in [0.2, 0.25) is 0 Å². The van der Waals surface area contributed by atoms with Gasteiger partial charge in [-0.15, -0.1) is 0 Å². The number of allylic oxidation sites excluding steroid dienone is 3. The number of hydrogen-bond acceptors (Lipinski definition) is 3. The molecular formula is C25H36O3. The average Bonchev–Trinajstić information content (AvgIpc) is 2.97. The zero-order valence-corrected chi connectivity index (χ0v) is 18.2. The summed E-state index contributed by atoms with van der Waals surface area (Å²) in [4.78, 5) is 24.2. The highest BCUT2D eigenvalue weighted by atomic mass is 16.5. The molecule has 3 heteroatoms. The number of rotatable bonds is 2. The maximum Gasteiger partial charge on any atom is 0.302 e. The monoisotopic (exact) mass is 384 g/mol. The van der Waals surface area contributed by atoms with Gasteiger partial charge in [-0.3, -0.25) is 9.59 Å². The van der Waals surface area contributed by atoms with E-state index in [-0.39, 0.29) is 22.9 Å². The molecule has 4 aliphatic rings. The van der Waals surface area contributed by atoms with E-state index in [1.807, 2.05) is 6.08 Å². The Balaban J connectivity index is 1.74. The van der Waals surface area contributed by atoms with Crippen LogP contribution in [0.4, 0.5) is 0 Å². The molecule has 0 saturated heterocycles. The number of hydrogen-bond donors (Lipinski definition) is 0. The lowest BCUT2D eigenvalue weighted by Crippen LogP contribution is -2.54. The molecule has 3 saturated carbocycles. The topological polar surface area (TPSA) is 43.4 Å². The molecule has 3 nitrogen and oxygen atoms in total. The SMILES string of the molecule is CC=C1C[C@H]2[C@@H]3CC[C@H](OC(C)=O)[C@@]3(C)CC[C@@H]2[C@]2(C)C1=CC(=O)C[C@H]2CC. The van der Waals surface area contributed by atoms with E-state index in [1.54, 1.807) is 6.92 Å². The lowest BCUT2D eigenvalue weighted by atomic mass is 9.44. The largest absolute Gasteiger partial charge is 0.462 e. The molecule has 0 bridgehead atoms. The van der Waals surface area contributed by atoms with Crippen LogP contribution in [-0.4, -0.2) is 17.9 Å². The standard InChI is InChI=1S/C25H36O3/c1-6-16-12-19-20-8-9-23(28-15(3)26)24(20,4)11-10-21(19)25(5)17(7-2)13-18(27)14-22(16)25/h6,14,17,19-21,23H,7-13H2,1-5H3/t17-,19+,20+,21+,23+,24+,25-/m1/s1. The summed E-state index contributed by atoms with van der Waals surface area (Å²) in [5.41, 5.74) is 2.96. The van der Waals surface area contributed by atoms with Crippen LogP contribution in [0.1, 0.15) is 79.6 Å². The molecule has 0 unspecified atom stereocenters. The van der Waals surface area contributed by atoms with Crippen molar-refractivity contribution in [2.75, 3.05) is 0 Å². The Bertz CT molecular complexity index is 747. The van der Waals surface area contributed by atoms with Gasteiger partial charge in [0.25, 0.3) is 0 Å². The fraction of sp³-hybridized carbons (Fsp3) is 0.760. The van der Waals surface area contributed by atoms with E-state index in [0.717, 1.165) is 32.1 Å².